The molecule has 0 saturated heterocycles. The van der Waals surface area contributed by atoms with Crippen LogP contribution in [0, 0.1) is 17.8 Å². The minimum atomic E-state index is 0.582. The fraction of sp³-hybridized carbons (Fsp3) is 0.920. The maximum Gasteiger partial charge on any atom is 0.0575 e. The van der Waals surface area contributed by atoms with Gasteiger partial charge in [-0.1, -0.05) is 64.5 Å². The monoisotopic (exact) mass is 362 g/mol. The lowest BCUT2D eigenvalue weighted by molar-refractivity contribution is 0.0146. The molecule has 0 bridgehead atoms. The van der Waals surface area contributed by atoms with Crippen molar-refractivity contribution in [2.45, 2.75) is 123 Å². The molecule has 0 aromatic carbocycles. The van der Waals surface area contributed by atoms with Crippen LogP contribution in [0.1, 0.15) is 117 Å². The molecular formula is C25H46O. The van der Waals surface area contributed by atoms with Gasteiger partial charge in [0.25, 0.3) is 0 Å². The van der Waals surface area contributed by atoms with Crippen LogP contribution in [0.15, 0.2) is 12.2 Å². The highest BCUT2D eigenvalue weighted by molar-refractivity contribution is 4.91. The van der Waals surface area contributed by atoms with Crippen LogP contribution < -0.4 is 0 Å². The Balaban J connectivity index is 1.50. The van der Waals surface area contributed by atoms with Crippen molar-refractivity contribution in [1.29, 1.82) is 0 Å². The number of ether oxygens (including phenoxy) is 1. The van der Waals surface area contributed by atoms with E-state index in [0.717, 1.165) is 24.4 Å². The lowest BCUT2D eigenvalue weighted by Crippen LogP contribution is -2.23. The van der Waals surface area contributed by atoms with E-state index in [-0.39, 0.29) is 0 Å². The molecule has 0 aromatic rings. The summed E-state index contributed by atoms with van der Waals surface area (Å²) in [6, 6.07) is 0. The molecule has 2 aliphatic carbocycles. The molecule has 1 nitrogen and oxygen atoms in total. The number of unbranched alkanes of at least 4 members (excludes halogenated alkanes) is 4. The largest absolute Gasteiger partial charge is 0.378 e. The van der Waals surface area contributed by atoms with Crippen LogP contribution in [-0.2, 0) is 4.74 Å². The van der Waals surface area contributed by atoms with Gasteiger partial charge < -0.3 is 4.74 Å². The average Bonchev–Trinajstić information content (AvgIpc) is 2.69. The molecule has 2 rings (SSSR count). The first-order valence-electron chi connectivity index (χ1n) is 12.1. The molecule has 0 aromatic heterocycles. The van der Waals surface area contributed by atoms with Crippen molar-refractivity contribution in [2.75, 3.05) is 6.61 Å². The van der Waals surface area contributed by atoms with Crippen molar-refractivity contribution in [3.05, 3.63) is 12.2 Å². The topological polar surface area (TPSA) is 9.23 Å². The Hall–Kier alpha value is -0.300. The molecule has 0 atom stereocenters. The lowest BCUT2D eigenvalue weighted by atomic mass is 9.77. The van der Waals surface area contributed by atoms with Gasteiger partial charge in [0.05, 0.1) is 6.10 Å². The van der Waals surface area contributed by atoms with Gasteiger partial charge in [-0.05, 0) is 82.0 Å². The van der Waals surface area contributed by atoms with Gasteiger partial charge in [-0.25, -0.2) is 0 Å². The molecule has 0 amide bonds. The standard InChI is InChI=1S/C25H46O/c1-3-5-7-8-10-22-11-13-23(14-12-22)15-16-24-17-19-25(20-18-24)26-21-9-6-4-2/h8,10,22-25H,3-7,9,11-21H2,1-2H3/b10-8+/t22-,23-,24-,25-. The van der Waals surface area contributed by atoms with Gasteiger partial charge in [0.1, 0.15) is 0 Å². The van der Waals surface area contributed by atoms with Crippen LogP contribution >= 0.6 is 0 Å². The molecule has 0 N–H and O–H groups in total. The summed E-state index contributed by atoms with van der Waals surface area (Å²) in [6.45, 7) is 5.55. The molecule has 0 spiro atoms. The van der Waals surface area contributed by atoms with Crippen LogP contribution in [0.2, 0.25) is 0 Å². The van der Waals surface area contributed by atoms with Gasteiger partial charge in [0, 0.05) is 6.61 Å². The Morgan fingerprint density at radius 3 is 1.96 bits per heavy atom. The van der Waals surface area contributed by atoms with E-state index >= 15 is 0 Å². The van der Waals surface area contributed by atoms with Crippen molar-refractivity contribution in [1.82, 2.24) is 0 Å². The third-order valence-corrected chi connectivity index (χ3v) is 6.90. The summed E-state index contributed by atoms with van der Waals surface area (Å²) in [6.07, 6.45) is 27.8. The highest BCUT2D eigenvalue weighted by atomic mass is 16.5. The molecule has 0 radical (unpaired) electrons. The summed E-state index contributed by atoms with van der Waals surface area (Å²) in [5.74, 6) is 2.92. The second-order valence-corrected chi connectivity index (χ2v) is 9.15. The zero-order chi connectivity index (χ0) is 18.5. The Bertz CT molecular complexity index is 345. The second-order valence-electron chi connectivity index (χ2n) is 9.15. The van der Waals surface area contributed by atoms with Crippen LogP contribution in [0.25, 0.3) is 0 Å². The second kappa shape index (κ2) is 13.8. The van der Waals surface area contributed by atoms with Crippen molar-refractivity contribution in [3.8, 4) is 0 Å². The predicted molar refractivity (Wildman–Crippen MR) is 115 cm³/mol. The number of hydrogen-bond donors (Lipinski definition) is 0. The SMILES string of the molecule is CCCC/C=C/[C@H]1CC[C@H](CC[C@H]2CC[C@H](OCCCCC)CC2)CC1. The fourth-order valence-electron chi connectivity index (χ4n) is 4.94. The third-order valence-electron chi connectivity index (χ3n) is 6.90. The summed E-state index contributed by atoms with van der Waals surface area (Å²) in [5, 5.41) is 0. The van der Waals surface area contributed by atoms with Gasteiger partial charge in [-0.15, -0.1) is 0 Å². The predicted octanol–water partition coefficient (Wildman–Crippen LogP) is 8.09. The molecule has 0 heterocycles. The highest BCUT2D eigenvalue weighted by Crippen LogP contribution is 2.36. The third kappa shape index (κ3) is 9.07. The normalized spacial score (nSPS) is 30.1. The molecule has 2 fully saturated rings. The van der Waals surface area contributed by atoms with E-state index in [0.29, 0.717) is 6.10 Å². The Morgan fingerprint density at radius 2 is 1.35 bits per heavy atom. The number of rotatable bonds is 12. The van der Waals surface area contributed by atoms with Gasteiger partial charge >= 0.3 is 0 Å². The van der Waals surface area contributed by atoms with E-state index in [9.17, 15) is 0 Å². The smallest absolute Gasteiger partial charge is 0.0575 e. The minimum absolute atomic E-state index is 0.582. The first kappa shape index (κ1) is 22.0. The van der Waals surface area contributed by atoms with Crippen molar-refractivity contribution in [3.63, 3.8) is 0 Å². The van der Waals surface area contributed by atoms with Gasteiger partial charge in [-0.2, -0.15) is 0 Å². The Kier molecular flexibility index (Phi) is 11.7. The molecule has 2 saturated carbocycles. The van der Waals surface area contributed by atoms with E-state index in [2.05, 4.69) is 26.0 Å². The van der Waals surface area contributed by atoms with Gasteiger partial charge in [0.2, 0.25) is 0 Å². The summed E-state index contributed by atoms with van der Waals surface area (Å²) in [7, 11) is 0. The summed E-state index contributed by atoms with van der Waals surface area (Å²) in [4.78, 5) is 0. The highest BCUT2D eigenvalue weighted by Gasteiger charge is 2.24. The molecule has 26 heavy (non-hydrogen) atoms. The lowest BCUT2D eigenvalue weighted by Gasteiger charge is -2.31. The average molecular weight is 363 g/mol. The first-order valence-corrected chi connectivity index (χ1v) is 12.1. The quantitative estimate of drug-likeness (QED) is 0.252. The summed E-state index contributed by atoms with van der Waals surface area (Å²) >= 11 is 0. The minimum Gasteiger partial charge on any atom is -0.378 e. The molecule has 0 aliphatic heterocycles. The molecule has 0 unspecified atom stereocenters. The zero-order valence-corrected chi connectivity index (χ0v) is 17.9. The molecular weight excluding hydrogens is 316 g/mol. The Morgan fingerprint density at radius 1 is 0.731 bits per heavy atom. The van der Waals surface area contributed by atoms with Gasteiger partial charge in [0.15, 0.2) is 0 Å². The van der Waals surface area contributed by atoms with Crippen molar-refractivity contribution < 1.29 is 4.74 Å². The van der Waals surface area contributed by atoms with E-state index in [1.807, 2.05) is 0 Å². The van der Waals surface area contributed by atoms with Gasteiger partial charge in [-0.3, -0.25) is 0 Å². The zero-order valence-electron chi connectivity index (χ0n) is 17.9. The van der Waals surface area contributed by atoms with Crippen LogP contribution in [-0.4, -0.2) is 12.7 Å². The molecule has 2 aliphatic rings. The molecule has 1 heteroatoms. The maximum atomic E-state index is 6.08. The number of allylic oxidation sites excluding steroid dienone is 2. The molecule has 152 valence electrons. The fourth-order valence-corrected chi connectivity index (χ4v) is 4.94. The van der Waals surface area contributed by atoms with Crippen LogP contribution in [0.3, 0.4) is 0 Å². The van der Waals surface area contributed by atoms with E-state index in [1.54, 1.807) is 0 Å². The maximum absolute atomic E-state index is 6.08. The Labute approximate surface area is 164 Å². The van der Waals surface area contributed by atoms with E-state index in [4.69, 9.17) is 4.74 Å². The summed E-state index contributed by atoms with van der Waals surface area (Å²) < 4.78 is 6.08. The van der Waals surface area contributed by atoms with Crippen LogP contribution in [0.5, 0.6) is 0 Å². The number of hydrogen-bond acceptors (Lipinski definition) is 1. The van der Waals surface area contributed by atoms with E-state index in [1.165, 1.54) is 103 Å². The van der Waals surface area contributed by atoms with E-state index < -0.39 is 0 Å². The first-order chi connectivity index (χ1) is 12.8. The summed E-state index contributed by atoms with van der Waals surface area (Å²) in [5.41, 5.74) is 0. The van der Waals surface area contributed by atoms with Crippen LogP contribution in [0.4, 0.5) is 0 Å². The van der Waals surface area contributed by atoms with Crippen molar-refractivity contribution >= 4 is 0 Å². The van der Waals surface area contributed by atoms with Crippen molar-refractivity contribution in [2.24, 2.45) is 17.8 Å².